The van der Waals surface area contributed by atoms with Gasteiger partial charge in [0.25, 0.3) is 5.91 Å². The lowest BCUT2D eigenvalue weighted by Crippen LogP contribution is -2.54. The summed E-state index contributed by atoms with van der Waals surface area (Å²) < 4.78 is 0. The lowest BCUT2D eigenvalue weighted by atomic mass is 9.76. The van der Waals surface area contributed by atoms with Crippen molar-refractivity contribution in [1.29, 1.82) is 0 Å². The predicted molar refractivity (Wildman–Crippen MR) is 120 cm³/mol. The number of para-hydroxylation sites is 1. The number of likely N-dealkylation sites (tertiary alicyclic amines) is 1. The van der Waals surface area contributed by atoms with Crippen LogP contribution in [0.1, 0.15) is 17.5 Å². The SMILES string of the molecule is CSCCC1NC2(C(=O)N(C)c3ccccc32)C2C(=O)N(Cc3ccccc3)C(=O)C12. The zero-order chi connectivity index (χ0) is 21.8. The molecule has 3 aliphatic heterocycles. The molecular weight excluding hydrogens is 410 g/mol. The first-order valence-corrected chi connectivity index (χ1v) is 11.9. The third-order valence-corrected chi connectivity index (χ3v) is 7.55. The highest BCUT2D eigenvalue weighted by Gasteiger charge is 2.71. The largest absolute Gasteiger partial charge is 0.313 e. The van der Waals surface area contributed by atoms with Crippen molar-refractivity contribution in [2.45, 2.75) is 24.5 Å². The summed E-state index contributed by atoms with van der Waals surface area (Å²) in [6.45, 7) is 0.239. The summed E-state index contributed by atoms with van der Waals surface area (Å²) in [5.74, 6) is -0.993. The molecule has 3 aliphatic rings. The van der Waals surface area contributed by atoms with Gasteiger partial charge in [0, 0.05) is 24.3 Å². The van der Waals surface area contributed by atoms with Gasteiger partial charge in [-0.25, -0.2) is 0 Å². The molecule has 4 atom stereocenters. The molecule has 2 aromatic carbocycles. The Labute approximate surface area is 186 Å². The quantitative estimate of drug-likeness (QED) is 0.731. The van der Waals surface area contributed by atoms with Crippen molar-refractivity contribution in [3.8, 4) is 0 Å². The van der Waals surface area contributed by atoms with Crippen LogP contribution in [0.15, 0.2) is 54.6 Å². The molecule has 6 nitrogen and oxygen atoms in total. The van der Waals surface area contributed by atoms with E-state index in [0.717, 1.165) is 29.0 Å². The number of nitrogens with one attached hydrogen (secondary N) is 1. The van der Waals surface area contributed by atoms with Crippen LogP contribution < -0.4 is 10.2 Å². The van der Waals surface area contributed by atoms with Gasteiger partial charge < -0.3 is 4.90 Å². The van der Waals surface area contributed by atoms with Gasteiger partial charge in [0.15, 0.2) is 0 Å². The number of hydrogen-bond donors (Lipinski definition) is 1. The van der Waals surface area contributed by atoms with Crippen LogP contribution in [-0.4, -0.2) is 47.7 Å². The highest BCUT2D eigenvalue weighted by molar-refractivity contribution is 7.98. The number of hydrogen-bond acceptors (Lipinski definition) is 5. The molecule has 1 N–H and O–H groups in total. The Bertz CT molecular complexity index is 1060. The monoisotopic (exact) mass is 435 g/mol. The van der Waals surface area contributed by atoms with Gasteiger partial charge >= 0.3 is 0 Å². The minimum Gasteiger partial charge on any atom is -0.313 e. The molecule has 5 rings (SSSR count). The molecule has 160 valence electrons. The van der Waals surface area contributed by atoms with Crippen molar-refractivity contribution in [1.82, 2.24) is 10.2 Å². The second-order valence-electron chi connectivity index (χ2n) is 8.47. The molecule has 2 aromatic rings. The summed E-state index contributed by atoms with van der Waals surface area (Å²) >= 11 is 1.70. The summed E-state index contributed by atoms with van der Waals surface area (Å²) in [6.07, 6.45) is 2.75. The molecule has 4 unspecified atom stereocenters. The van der Waals surface area contributed by atoms with Gasteiger partial charge in [-0.15, -0.1) is 0 Å². The molecular formula is C24H25N3O3S. The van der Waals surface area contributed by atoms with Crippen LogP contribution in [0.25, 0.3) is 0 Å². The molecule has 1 spiro atoms. The Balaban J connectivity index is 1.60. The molecule has 0 saturated carbocycles. The van der Waals surface area contributed by atoms with E-state index in [1.807, 2.05) is 60.9 Å². The lowest BCUT2D eigenvalue weighted by molar-refractivity contribution is -0.143. The van der Waals surface area contributed by atoms with Crippen LogP contribution >= 0.6 is 11.8 Å². The molecule has 2 saturated heterocycles. The zero-order valence-corrected chi connectivity index (χ0v) is 18.4. The minimum atomic E-state index is -1.18. The molecule has 0 bridgehead atoms. The Morgan fingerprint density at radius 1 is 1.00 bits per heavy atom. The molecule has 0 aliphatic carbocycles. The number of anilines is 1. The molecule has 3 amide bonds. The highest BCUT2D eigenvalue weighted by Crippen LogP contribution is 2.54. The van der Waals surface area contributed by atoms with Crippen molar-refractivity contribution in [3.05, 3.63) is 65.7 Å². The van der Waals surface area contributed by atoms with Gasteiger partial charge in [-0.3, -0.25) is 24.6 Å². The second kappa shape index (κ2) is 7.50. The van der Waals surface area contributed by atoms with E-state index in [-0.39, 0.29) is 30.3 Å². The first-order chi connectivity index (χ1) is 15.0. The number of fused-ring (bicyclic) bond motifs is 4. The van der Waals surface area contributed by atoms with Crippen LogP contribution in [0, 0.1) is 11.8 Å². The van der Waals surface area contributed by atoms with Crippen LogP contribution in [0.2, 0.25) is 0 Å². The normalized spacial score (nSPS) is 29.2. The maximum atomic E-state index is 13.7. The maximum Gasteiger partial charge on any atom is 0.252 e. The average molecular weight is 436 g/mol. The van der Waals surface area contributed by atoms with Crippen molar-refractivity contribution in [2.75, 3.05) is 24.0 Å². The Morgan fingerprint density at radius 3 is 2.45 bits per heavy atom. The fourth-order valence-electron chi connectivity index (χ4n) is 5.53. The number of imide groups is 1. The van der Waals surface area contributed by atoms with E-state index >= 15 is 0 Å². The van der Waals surface area contributed by atoms with Crippen molar-refractivity contribution in [2.24, 2.45) is 11.8 Å². The number of thioether (sulfide) groups is 1. The number of carbonyl (C=O) groups is 3. The number of amides is 3. The Kier molecular flexibility index (Phi) is 4.90. The van der Waals surface area contributed by atoms with Crippen molar-refractivity contribution in [3.63, 3.8) is 0 Å². The molecule has 0 aromatic heterocycles. The van der Waals surface area contributed by atoms with Crippen LogP contribution in [0.5, 0.6) is 0 Å². The third-order valence-electron chi connectivity index (χ3n) is 6.90. The number of carbonyl (C=O) groups excluding carboxylic acids is 3. The number of rotatable bonds is 5. The predicted octanol–water partition coefficient (Wildman–Crippen LogP) is 2.38. The van der Waals surface area contributed by atoms with Crippen molar-refractivity contribution < 1.29 is 14.4 Å². The van der Waals surface area contributed by atoms with E-state index in [1.165, 1.54) is 4.90 Å². The maximum absolute atomic E-state index is 13.7. The summed E-state index contributed by atoms with van der Waals surface area (Å²) in [7, 11) is 1.74. The molecule has 0 radical (unpaired) electrons. The number of nitrogens with zero attached hydrogens (tertiary/aromatic N) is 2. The van der Waals surface area contributed by atoms with E-state index in [2.05, 4.69) is 5.32 Å². The van der Waals surface area contributed by atoms with Gasteiger partial charge in [-0.05, 0) is 30.1 Å². The molecule has 7 heteroatoms. The average Bonchev–Trinajstić information content (AvgIpc) is 3.34. The smallest absolute Gasteiger partial charge is 0.252 e. The van der Waals surface area contributed by atoms with Crippen LogP contribution in [0.4, 0.5) is 5.69 Å². The van der Waals surface area contributed by atoms with E-state index < -0.39 is 17.4 Å². The van der Waals surface area contributed by atoms with Gasteiger partial charge in [0.2, 0.25) is 11.8 Å². The summed E-state index contributed by atoms with van der Waals surface area (Å²) in [4.78, 5) is 43.9. The lowest BCUT2D eigenvalue weighted by Gasteiger charge is -2.30. The number of likely N-dealkylation sites (N-methyl/N-ethyl adjacent to an activating group) is 1. The Hall–Kier alpha value is -2.64. The molecule has 2 fully saturated rings. The fraction of sp³-hybridized carbons (Fsp3) is 0.375. The standard InChI is InChI=1S/C24H25N3O3S/c1-26-18-11-7-6-10-16(18)24(23(26)30)20-19(17(25-24)12-13-31-2)21(28)27(22(20)29)14-15-8-4-3-5-9-15/h3-11,17,19-20,25H,12-14H2,1-2H3. The van der Waals surface area contributed by atoms with E-state index in [1.54, 1.807) is 23.7 Å². The Morgan fingerprint density at radius 2 is 1.71 bits per heavy atom. The van der Waals surface area contributed by atoms with E-state index in [0.29, 0.717) is 0 Å². The molecule has 3 heterocycles. The zero-order valence-electron chi connectivity index (χ0n) is 17.6. The van der Waals surface area contributed by atoms with Gasteiger partial charge in [0.05, 0.1) is 18.4 Å². The first-order valence-electron chi connectivity index (χ1n) is 10.5. The van der Waals surface area contributed by atoms with Gasteiger partial charge in [-0.2, -0.15) is 11.8 Å². The van der Waals surface area contributed by atoms with E-state index in [4.69, 9.17) is 0 Å². The van der Waals surface area contributed by atoms with Crippen LogP contribution in [-0.2, 0) is 26.5 Å². The molecule has 31 heavy (non-hydrogen) atoms. The highest BCUT2D eigenvalue weighted by atomic mass is 32.2. The first kappa shape index (κ1) is 20.3. The fourth-order valence-corrected chi connectivity index (χ4v) is 6.02. The number of benzene rings is 2. The van der Waals surface area contributed by atoms with Crippen molar-refractivity contribution >= 4 is 35.2 Å². The topological polar surface area (TPSA) is 69.7 Å². The van der Waals surface area contributed by atoms with Gasteiger partial charge in [-0.1, -0.05) is 48.5 Å². The van der Waals surface area contributed by atoms with Crippen LogP contribution in [0.3, 0.4) is 0 Å². The third kappa shape index (κ3) is 2.79. The second-order valence-corrected chi connectivity index (χ2v) is 9.46. The van der Waals surface area contributed by atoms with E-state index in [9.17, 15) is 14.4 Å². The summed E-state index contributed by atoms with van der Waals surface area (Å²) in [5.41, 5.74) is 1.32. The minimum absolute atomic E-state index is 0.155. The summed E-state index contributed by atoms with van der Waals surface area (Å²) in [5, 5.41) is 3.51. The summed E-state index contributed by atoms with van der Waals surface area (Å²) in [6, 6.07) is 16.9. The van der Waals surface area contributed by atoms with Gasteiger partial charge in [0.1, 0.15) is 5.54 Å².